The Bertz CT molecular complexity index is 657. The van der Waals surface area contributed by atoms with Gasteiger partial charge in [0.1, 0.15) is 0 Å². The molecular weight excluding hydrogens is 234 g/mol. The van der Waals surface area contributed by atoms with E-state index in [1.807, 2.05) is 25.3 Å². The Morgan fingerprint density at radius 3 is 3.06 bits per heavy atom. The molecule has 0 bridgehead atoms. The number of aromatic nitrogens is 2. The summed E-state index contributed by atoms with van der Waals surface area (Å²) in [6.07, 6.45) is 4.21. The number of oxazole rings is 1. The zero-order valence-corrected chi connectivity index (χ0v) is 10.1. The fourth-order valence-electron chi connectivity index (χ4n) is 1.70. The molecule has 5 heteroatoms. The lowest BCUT2D eigenvalue weighted by Crippen LogP contribution is -1.88. The van der Waals surface area contributed by atoms with Crippen LogP contribution in [0.4, 0.5) is 5.69 Å². The summed E-state index contributed by atoms with van der Waals surface area (Å²) in [7, 11) is 0. The first-order valence-electron chi connectivity index (χ1n) is 5.27. The van der Waals surface area contributed by atoms with Gasteiger partial charge >= 0.3 is 0 Å². The van der Waals surface area contributed by atoms with E-state index in [0.717, 1.165) is 15.3 Å². The lowest BCUT2D eigenvalue weighted by Gasteiger charge is -1.95. The Hall–Kier alpha value is -1.88. The standard InChI is InChI=1S/C12H11N3OS/c1-7-10(13)11-12(17-7)15-9(16-11)5-8-3-2-4-14-6-8/h2-4,6H,5,13H2,1H3. The van der Waals surface area contributed by atoms with Gasteiger partial charge in [0, 0.05) is 17.3 Å². The van der Waals surface area contributed by atoms with Crippen LogP contribution < -0.4 is 5.73 Å². The molecule has 0 amide bonds. The minimum atomic E-state index is 0.647. The van der Waals surface area contributed by atoms with Crippen molar-refractivity contribution >= 4 is 27.4 Å². The molecule has 0 saturated carbocycles. The SMILES string of the molecule is Cc1sc2nc(Cc3cccnc3)oc2c1N. The van der Waals surface area contributed by atoms with Crippen molar-refractivity contribution in [3.8, 4) is 0 Å². The molecule has 0 saturated heterocycles. The summed E-state index contributed by atoms with van der Waals surface area (Å²) in [6.45, 7) is 1.97. The summed E-state index contributed by atoms with van der Waals surface area (Å²) in [4.78, 5) is 10.4. The molecule has 86 valence electrons. The van der Waals surface area contributed by atoms with E-state index >= 15 is 0 Å². The quantitative estimate of drug-likeness (QED) is 0.754. The van der Waals surface area contributed by atoms with E-state index in [1.54, 1.807) is 17.5 Å². The smallest absolute Gasteiger partial charge is 0.200 e. The Labute approximate surface area is 102 Å². The van der Waals surface area contributed by atoms with Crippen LogP contribution in [-0.4, -0.2) is 9.97 Å². The number of pyridine rings is 1. The number of hydrogen-bond acceptors (Lipinski definition) is 5. The number of nitrogen functional groups attached to an aromatic ring is 1. The van der Waals surface area contributed by atoms with Crippen LogP contribution in [0, 0.1) is 6.92 Å². The number of thiophene rings is 1. The Morgan fingerprint density at radius 1 is 1.47 bits per heavy atom. The third kappa shape index (κ3) is 1.78. The highest BCUT2D eigenvalue weighted by Gasteiger charge is 2.13. The van der Waals surface area contributed by atoms with Gasteiger partial charge in [-0.25, -0.2) is 4.98 Å². The van der Waals surface area contributed by atoms with Crippen molar-refractivity contribution in [1.82, 2.24) is 9.97 Å². The molecule has 4 nitrogen and oxygen atoms in total. The van der Waals surface area contributed by atoms with Crippen molar-refractivity contribution in [2.75, 3.05) is 5.73 Å². The van der Waals surface area contributed by atoms with Gasteiger partial charge in [-0.15, -0.1) is 11.3 Å². The van der Waals surface area contributed by atoms with Gasteiger partial charge in [-0.05, 0) is 18.6 Å². The van der Waals surface area contributed by atoms with Crippen LogP contribution in [0.3, 0.4) is 0 Å². The van der Waals surface area contributed by atoms with Gasteiger partial charge in [-0.2, -0.15) is 0 Å². The molecule has 0 aliphatic rings. The first-order chi connectivity index (χ1) is 8.24. The normalized spacial score (nSPS) is 11.1. The van der Waals surface area contributed by atoms with E-state index in [9.17, 15) is 0 Å². The Morgan fingerprint density at radius 2 is 2.35 bits per heavy atom. The predicted octanol–water partition coefficient (Wildman–Crippen LogP) is 2.77. The van der Waals surface area contributed by atoms with E-state index < -0.39 is 0 Å². The van der Waals surface area contributed by atoms with Crippen molar-refractivity contribution in [1.29, 1.82) is 0 Å². The van der Waals surface area contributed by atoms with Crippen LogP contribution in [0.2, 0.25) is 0 Å². The number of nitrogens with two attached hydrogens (primary N) is 1. The topological polar surface area (TPSA) is 64.9 Å². The molecule has 0 aliphatic carbocycles. The number of hydrogen-bond donors (Lipinski definition) is 1. The molecule has 17 heavy (non-hydrogen) atoms. The van der Waals surface area contributed by atoms with Crippen LogP contribution in [0.5, 0.6) is 0 Å². The minimum Gasteiger partial charge on any atom is -0.437 e. The van der Waals surface area contributed by atoms with Crippen LogP contribution in [0.1, 0.15) is 16.3 Å². The molecule has 3 rings (SSSR count). The molecule has 0 unspecified atom stereocenters. The summed E-state index contributed by atoms with van der Waals surface area (Å²) in [6, 6.07) is 3.90. The molecule has 0 radical (unpaired) electrons. The van der Waals surface area contributed by atoms with Gasteiger partial charge in [0.25, 0.3) is 0 Å². The molecule has 0 fully saturated rings. The molecule has 3 aromatic heterocycles. The Balaban J connectivity index is 1.97. The maximum Gasteiger partial charge on any atom is 0.200 e. The summed E-state index contributed by atoms with van der Waals surface area (Å²) in [5.41, 5.74) is 8.41. The number of aryl methyl sites for hydroxylation is 1. The highest BCUT2D eigenvalue weighted by atomic mass is 32.1. The molecule has 3 aromatic rings. The minimum absolute atomic E-state index is 0.647. The summed E-state index contributed by atoms with van der Waals surface area (Å²) >= 11 is 1.56. The van der Waals surface area contributed by atoms with E-state index in [1.165, 1.54) is 0 Å². The molecule has 2 N–H and O–H groups in total. The van der Waals surface area contributed by atoms with E-state index in [2.05, 4.69) is 9.97 Å². The predicted molar refractivity (Wildman–Crippen MR) is 68.1 cm³/mol. The fraction of sp³-hybridized carbons (Fsp3) is 0.167. The molecule has 0 atom stereocenters. The lowest BCUT2D eigenvalue weighted by molar-refractivity contribution is 0.545. The van der Waals surface area contributed by atoms with Gasteiger partial charge in [0.2, 0.25) is 5.89 Å². The molecule has 0 spiro atoms. The average molecular weight is 245 g/mol. The maximum atomic E-state index is 5.91. The van der Waals surface area contributed by atoms with Crippen LogP contribution in [0.15, 0.2) is 28.9 Å². The number of rotatable bonds is 2. The van der Waals surface area contributed by atoms with Gasteiger partial charge in [-0.3, -0.25) is 4.98 Å². The second-order valence-electron chi connectivity index (χ2n) is 3.85. The van der Waals surface area contributed by atoms with Crippen molar-refractivity contribution in [3.63, 3.8) is 0 Å². The summed E-state index contributed by atoms with van der Waals surface area (Å²) in [5, 5.41) is 0. The second-order valence-corrected chi connectivity index (χ2v) is 5.06. The van der Waals surface area contributed by atoms with Gasteiger partial charge in [-0.1, -0.05) is 6.07 Å². The van der Waals surface area contributed by atoms with Crippen LogP contribution in [-0.2, 0) is 6.42 Å². The van der Waals surface area contributed by atoms with Gasteiger partial charge in [0.05, 0.1) is 12.1 Å². The summed E-state index contributed by atoms with van der Waals surface area (Å²) < 4.78 is 5.67. The average Bonchev–Trinajstić information content (AvgIpc) is 2.82. The third-order valence-corrected chi connectivity index (χ3v) is 3.59. The van der Waals surface area contributed by atoms with Crippen LogP contribution >= 0.6 is 11.3 Å². The molecular formula is C12H11N3OS. The van der Waals surface area contributed by atoms with Crippen molar-refractivity contribution in [2.24, 2.45) is 0 Å². The van der Waals surface area contributed by atoms with Crippen LogP contribution in [0.25, 0.3) is 10.4 Å². The monoisotopic (exact) mass is 245 g/mol. The second kappa shape index (κ2) is 3.85. The van der Waals surface area contributed by atoms with Crippen molar-refractivity contribution in [3.05, 3.63) is 40.9 Å². The molecule has 0 aliphatic heterocycles. The summed E-state index contributed by atoms with van der Waals surface area (Å²) in [5.74, 6) is 0.686. The molecule has 0 aromatic carbocycles. The molecule has 3 heterocycles. The Kier molecular flexibility index (Phi) is 2.33. The van der Waals surface area contributed by atoms with Gasteiger partial charge in [0.15, 0.2) is 10.4 Å². The van der Waals surface area contributed by atoms with E-state index in [0.29, 0.717) is 23.6 Å². The zero-order valence-electron chi connectivity index (χ0n) is 9.30. The fourth-order valence-corrected chi connectivity index (χ4v) is 2.58. The van der Waals surface area contributed by atoms with Crippen molar-refractivity contribution in [2.45, 2.75) is 13.3 Å². The zero-order chi connectivity index (χ0) is 11.8. The van der Waals surface area contributed by atoms with E-state index in [-0.39, 0.29) is 0 Å². The first kappa shape index (κ1) is 10.3. The highest BCUT2D eigenvalue weighted by molar-refractivity contribution is 7.19. The van der Waals surface area contributed by atoms with E-state index in [4.69, 9.17) is 10.2 Å². The first-order valence-corrected chi connectivity index (χ1v) is 6.09. The lowest BCUT2D eigenvalue weighted by atomic mass is 10.2. The van der Waals surface area contributed by atoms with Crippen molar-refractivity contribution < 1.29 is 4.42 Å². The highest BCUT2D eigenvalue weighted by Crippen LogP contribution is 2.33. The van der Waals surface area contributed by atoms with Gasteiger partial charge < -0.3 is 10.2 Å². The maximum absolute atomic E-state index is 5.91. The number of anilines is 1. The third-order valence-electron chi connectivity index (χ3n) is 2.59. The number of fused-ring (bicyclic) bond motifs is 1. The largest absolute Gasteiger partial charge is 0.437 e. The number of nitrogens with zero attached hydrogens (tertiary/aromatic N) is 2.